The van der Waals surface area contributed by atoms with Crippen molar-refractivity contribution in [2.75, 3.05) is 25.0 Å². The van der Waals surface area contributed by atoms with Crippen LogP contribution in [0.1, 0.15) is 20.3 Å². The van der Waals surface area contributed by atoms with E-state index < -0.39 is 5.41 Å². The van der Waals surface area contributed by atoms with E-state index in [9.17, 15) is 4.79 Å². The molecule has 0 aliphatic rings. The molecular weight excluding hydrogens is 242 g/mol. The van der Waals surface area contributed by atoms with Gasteiger partial charge in [0, 0.05) is 32.7 Å². The molecule has 0 fully saturated rings. The third-order valence-electron chi connectivity index (χ3n) is 3.01. The van der Waals surface area contributed by atoms with Crippen molar-refractivity contribution in [3.63, 3.8) is 0 Å². The van der Waals surface area contributed by atoms with Crippen LogP contribution in [0.25, 0.3) is 0 Å². The second kappa shape index (κ2) is 6.34. The predicted molar refractivity (Wildman–Crippen MR) is 74.8 cm³/mol. The summed E-state index contributed by atoms with van der Waals surface area (Å²) in [5.41, 5.74) is 5.62. The molecule has 19 heavy (non-hydrogen) atoms. The number of hydrogen-bond donors (Lipinski definition) is 1. The Bertz CT molecular complexity index is 515. The second-order valence-corrected chi connectivity index (χ2v) is 5.23. The minimum atomic E-state index is -0.448. The Morgan fingerprint density at radius 1 is 1.58 bits per heavy atom. The van der Waals surface area contributed by atoms with Gasteiger partial charge in [-0.1, -0.05) is 0 Å². The summed E-state index contributed by atoms with van der Waals surface area (Å²) < 4.78 is 1.39. The van der Waals surface area contributed by atoms with Gasteiger partial charge in [0.1, 0.15) is 0 Å². The van der Waals surface area contributed by atoms with Crippen molar-refractivity contribution in [2.24, 2.45) is 11.1 Å². The number of aromatic nitrogens is 2. The number of nitrogens with zero attached hydrogens (tertiary/aromatic N) is 4. The fraction of sp³-hybridized carbons (Fsp3) is 0.615. The first-order valence-electron chi connectivity index (χ1n) is 6.29. The number of likely N-dealkylation sites (N-methyl/N-ethyl adjacent to an activating group) is 1. The minimum absolute atomic E-state index is 0.157. The Hall–Kier alpha value is -1.87. The lowest BCUT2D eigenvalue weighted by Crippen LogP contribution is -2.29. The van der Waals surface area contributed by atoms with E-state index in [1.165, 1.54) is 4.68 Å². The molecule has 0 saturated heterocycles. The quantitative estimate of drug-likeness (QED) is 0.811. The van der Waals surface area contributed by atoms with E-state index in [0.717, 1.165) is 5.69 Å². The first kappa shape index (κ1) is 15.2. The van der Waals surface area contributed by atoms with E-state index in [0.29, 0.717) is 26.1 Å². The van der Waals surface area contributed by atoms with E-state index in [4.69, 9.17) is 11.0 Å². The largest absolute Gasteiger partial charge is 0.372 e. The van der Waals surface area contributed by atoms with Crippen LogP contribution >= 0.6 is 0 Å². The number of nitriles is 1. The van der Waals surface area contributed by atoms with Gasteiger partial charge in [-0.3, -0.25) is 4.79 Å². The number of anilines is 1. The monoisotopic (exact) mass is 263 g/mol. The summed E-state index contributed by atoms with van der Waals surface area (Å²) in [7, 11) is 1.87. The molecule has 0 radical (unpaired) electrons. The van der Waals surface area contributed by atoms with Gasteiger partial charge in [-0.05, 0) is 20.3 Å². The van der Waals surface area contributed by atoms with Crippen LogP contribution in [0.5, 0.6) is 0 Å². The zero-order valence-electron chi connectivity index (χ0n) is 11.8. The fourth-order valence-corrected chi connectivity index (χ4v) is 1.56. The third kappa shape index (κ3) is 4.38. The molecule has 0 aliphatic carbocycles. The van der Waals surface area contributed by atoms with Gasteiger partial charge in [0.25, 0.3) is 5.56 Å². The second-order valence-electron chi connectivity index (χ2n) is 5.23. The molecule has 1 aromatic rings. The van der Waals surface area contributed by atoms with Crippen molar-refractivity contribution in [3.05, 3.63) is 22.6 Å². The first-order chi connectivity index (χ1) is 8.89. The van der Waals surface area contributed by atoms with E-state index in [1.807, 2.05) is 25.8 Å². The Balaban J connectivity index is 2.79. The summed E-state index contributed by atoms with van der Waals surface area (Å²) in [5.74, 6) is 0. The van der Waals surface area contributed by atoms with Crippen LogP contribution in [0, 0.1) is 16.7 Å². The molecule has 1 rings (SSSR count). The highest BCUT2D eigenvalue weighted by atomic mass is 16.1. The van der Waals surface area contributed by atoms with Crippen LogP contribution in [0.15, 0.2) is 17.1 Å². The molecule has 6 heteroatoms. The van der Waals surface area contributed by atoms with E-state index >= 15 is 0 Å². The van der Waals surface area contributed by atoms with Gasteiger partial charge in [-0.15, -0.1) is 0 Å². The van der Waals surface area contributed by atoms with Crippen LogP contribution in [0.3, 0.4) is 0 Å². The zero-order chi connectivity index (χ0) is 14.5. The maximum atomic E-state index is 11.9. The number of nitrogens with two attached hydrogens (primary N) is 1. The normalized spacial score (nSPS) is 11.1. The van der Waals surface area contributed by atoms with Gasteiger partial charge in [0.05, 0.1) is 23.4 Å². The SMILES string of the molecule is CN(CCN)c1cnn(CCC(C)(C)C#N)c(=O)c1. The van der Waals surface area contributed by atoms with Gasteiger partial charge in [-0.25, -0.2) is 4.68 Å². The molecule has 6 nitrogen and oxygen atoms in total. The van der Waals surface area contributed by atoms with Crippen molar-refractivity contribution in [2.45, 2.75) is 26.8 Å². The molecule has 0 bridgehead atoms. The Morgan fingerprint density at radius 2 is 2.26 bits per heavy atom. The van der Waals surface area contributed by atoms with Crippen molar-refractivity contribution in [1.82, 2.24) is 9.78 Å². The average Bonchev–Trinajstić information content (AvgIpc) is 2.37. The van der Waals surface area contributed by atoms with Crippen molar-refractivity contribution < 1.29 is 0 Å². The zero-order valence-corrected chi connectivity index (χ0v) is 11.8. The molecule has 1 aromatic heterocycles. The summed E-state index contributed by atoms with van der Waals surface area (Å²) >= 11 is 0. The lowest BCUT2D eigenvalue weighted by molar-refractivity contribution is 0.391. The highest BCUT2D eigenvalue weighted by Crippen LogP contribution is 2.18. The Labute approximate surface area is 113 Å². The minimum Gasteiger partial charge on any atom is -0.372 e. The average molecular weight is 263 g/mol. The maximum absolute atomic E-state index is 11.9. The van der Waals surface area contributed by atoms with Gasteiger partial charge in [0.2, 0.25) is 0 Å². The van der Waals surface area contributed by atoms with Gasteiger partial charge < -0.3 is 10.6 Å². The molecule has 0 spiro atoms. The smallest absolute Gasteiger partial charge is 0.268 e. The number of aryl methyl sites for hydroxylation is 1. The lowest BCUT2D eigenvalue weighted by atomic mass is 9.92. The summed E-state index contributed by atoms with van der Waals surface area (Å²) in [6.07, 6.45) is 2.24. The van der Waals surface area contributed by atoms with Crippen molar-refractivity contribution >= 4 is 5.69 Å². The molecule has 0 atom stereocenters. The Kier molecular flexibility index (Phi) is 5.07. The predicted octanol–water partition coefficient (Wildman–Crippen LogP) is 0.578. The van der Waals surface area contributed by atoms with Crippen LogP contribution in [-0.2, 0) is 6.54 Å². The summed E-state index contributed by atoms with van der Waals surface area (Å²) in [6, 6.07) is 3.76. The molecule has 0 amide bonds. The van der Waals surface area contributed by atoms with Crippen LogP contribution in [-0.4, -0.2) is 29.9 Å². The van der Waals surface area contributed by atoms with Crippen LogP contribution in [0.4, 0.5) is 5.69 Å². The van der Waals surface area contributed by atoms with Crippen LogP contribution in [0.2, 0.25) is 0 Å². The Morgan fingerprint density at radius 3 is 2.79 bits per heavy atom. The maximum Gasteiger partial charge on any atom is 0.268 e. The standard InChI is InChI=1S/C13H21N5O/c1-13(2,10-15)4-6-18-12(19)8-11(9-16-18)17(3)7-5-14/h8-9H,4-7,14H2,1-3H3. The van der Waals surface area contributed by atoms with Crippen molar-refractivity contribution in [1.29, 1.82) is 5.26 Å². The lowest BCUT2D eigenvalue weighted by Gasteiger charge is -2.18. The molecule has 2 N–H and O–H groups in total. The first-order valence-corrected chi connectivity index (χ1v) is 6.29. The molecule has 0 aliphatic heterocycles. The third-order valence-corrected chi connectivity index (χ3v) is 3.01. The molecule has 1 heterocycles. The molecular formula is C13H21N5O. The van der Waals surface area contributed by atoms with E-state index in [1.54, 1.807) is 12.3 Å². The summed E-state index contributed by atoms with van der Waals surface area (Å²) in [6.45, 7) is 5.34. The van der Waals surface area contributed by atoms with E-state index in [-0.39, 0.29) is 5.56 Å². The summed E-state index contributed by atoms with van der Waals surface area (Å²) in [5, 5.41) is 13.1. The van der Waals surface area contributed by atoms with Gasteiger partial charge in [-0.2, -0.15) is 10.4 Å². The van der Waals surface area contributed by atoms with Gasteiger partial charge in [0.15, 0.2) is 0 Å². The highest BCUT2D eigenvalue weighted by Gasteiger charge is 2.17. The molecule has 0 aromatic carbocycles. The number of hydrogen-bond acceptors (Lipinski definition) is 5. The van der Waals surface area contributed by atoms with E-state index in [2.05, 4.69) is 11.2 Å². The van der Waals surface area contributed by atoms with Crippen molar-refractivity contribution in [3.8, 4) is 6.07 Å². The summed E-state index contributed by atoms with van der Waals surface area (Å²) in [4.78, 5) is 13.8. The molecule has 0 saturated carbocycles. The number of rotatable bonds is 6. The van der Waals surface area contributed by atoms with Gasteiger partial charge >= 0.3 is 0 Å². The fourth-order valence-electron chi connectivity index (χ4n) is 1.56. The topological polar surface area (TPSA) is 87.9 Å². The molecule has 0 unspecified atom stereocenters. The highest BCUT2D eigenvalue weighted by molar-refractivity contribution is 5.41. The van der Waals surface area contributed by atoms with Crippen LogP contribution < -0.4 is 16.2 Å². The molecule has 104 valence electrons.